The molecule has 0 aliphatic carbocycles. The number of para-hydroxylation sites is 2. The second-order valence-corrected chi connectivity index (χ2v) is 9.26. The lowest BCUT2D eigenvalue weighted by atomic mass is 9.89. The van der Waals surface area contributed by atoms with Crippen molar-refractivity contribution in [2.75, 3.05) is 64.4 Å². The molecule has 0 spiro atoms. The van der Waals surface area contributed by atoms with Crippen LogP contribution in [0.15, 0.2) is 66.2 Å². The molecule has 1 saturated heterocycles. The standard InChI is InChI=1S/C27H33N5O/c1-29-19-25(24-9-5-6-10-26(24)29)22-11-13-30(14-12-22)20-27(33)28-21-31-15-17-32(18-16-31)23-7-3-2-4-8-23/h2-11,19,25H,12-18,20-21H2,1H3/p+1. The van der Waals surface area contributed by atoms with Gasteiger partial charge in [0.05, 0.1) is 19.1 Å². The summed E-state index contributed by atoms with van der Waals surface area (Å²) in [7, 11) is 2.13. The van der Waals surface area contributed by atoms with E-state index in [1.807, 2.05) is 0 Å². The van der Waals surface area contributed by atoms with Gasteiger partial charge in [0.15, 0.2) is 6.21 Å². The third-order valence-corrected chi connectivity index (χ3v) is 7.11. The van der Waals surface area contributed by atoms with Crippen LogP contribution in [0.25, 0.3) is 0 Å². The molecular formula is C27H34N5O+. The Morgan fingerprint density at radius 3 is 2.48 bits per heavy atom. The molecule has 1 amide bonds. The number of hydrogen-bond donors (Lipinski definition) is 1. The van der Waals surface area contributed by atoms with E-state index in [9.17, 15) is 4.79 Å². The average Bonchev–Trinajstić information content (AvgIpc) is 3.21. The number of hydrogen-bond acceptors (Lipinski definition) is 4. The number of rotatable bonds is 6. The summed E-state index contributed by atoms with van der Waals surface area (Å²) in [4.78, 5) is 19.5. The van der Waals surface area contributed by atoms with Gasteiger partial charge in [-0.1, -0.05) is 48.0 Å². The first-order valence-corrected chi connectivity index (χ1v) is 12.0. The quantitative estimate of drug-likeness (QED) is 0.550. The van der Waals surface area contributed by atoms with Crippen molar-refractivity contribution in [2.45, 2.75) is 12.3 Å². The summed E-state index contributed by atoms with van der Waals surface area (Å²) in [5.41, 5.74) is 5.45. The maximum atomic E-state index is 12.6. The van der Waals surface area contributed by atoms with Crippen LogP contribution in [0.4, 0.5) is 11.4 Å². The highest BCUT2D eigenvalue weighted by Gasteiger charge is 2.32. The van der Waals surface area contributed by atoms with Gasteiger partial charge in [-0.05, 0) is 18.6 Å². The SMILES string of the molecule is C[N+]1=CC(C2=CCN(CC(=O)NCN3CCN(c4ccccc4)CC3)CC2)c2ccccc21. The van der Waals surface area contributed by atoms with Gasteiger partial charge in [0.25, 0.3) is 0 Å². The molecule has 172 valence electrons. The molecule has 3 aliphatic heterocycles. The van der Waals surface area contributed by atoms with E-state index in [1.165, 1.54) is 22.5 Å². The summed E-state index contributed by atoms with van der Waals surface area (Å²) in [6.45, 7) is 6.82. The van der Waals surface area contributed by atoms with Crippen molar-refractivity contribution in [3.63, 3.8) is 0 Å². The van der Waals surface area contributed by atoms with E-state index in [2.05, 4.69) is 98.5 Å². The minimum absolute atomic E-state index is 0.120. The Hall–Kier alpha value is -2.96. The van der Waals surface area contributed by atoms with E-state index in [-0.39, 0.29) is 5.91 Å². The van der Waals surface area contributed by atoms with Crippen molar-refractivity contribution in [1.29, 1.82) is 0 Å². The lowest BCUT2D eigenvalue weighted by molar-refractivity contribution is -0.396. The maximum absolute atomic E-state index is 12.6. The van der Waals surface area contributed by atoms with Crippen LogP contribution in [-0.2, 0) is 4.79 Å². The number of amides is 1. The summed E-state index contributed by atoms with van der Waals surface area (Å²) >= 11 is 0. The van der Waals surface area contributed by atoms with Crippen molar-refractivity contribution >= 4 is 23.5 Å². The molecule has 1 fully saturated rings. The van der Waals surface area contributed by atoms with Crippen LogP contribution >= 0.6 is 0 Å². The fraction of sp³-hybridized carbons (Fsp3) is 0.407. The van der Waals surface area contributed by atoms with E-state index < -0.39 is 0 Å². The Balaban J connectivity index is 1.06. The van der Waals surface area contributed by atoms with Crippen LogP contribution in [0.1, 0.15) is 17.9 Å². The second kappa shape index (κ2) is 9.89. The smallest absolute Gasteiger partial charge is 0.235 e. The van der Waals surface area contributed by atoms with E-state index in [0.29, 0.717) is 19.1 Å². The van der Waals surface area contributed by atoms with Gasteiger partial charge in [-0.25, -0.2) is 4.58 Å². The molecule has 1 atom stereocenters. The number of nitrogens with one attached hydrogen (secondary N) is 1. The van der Waals surface area contributed by atoms with Crippen LogP contribution in [-0.4, -0.2) is 86.0 Å². The molecular weight excluding hydrogens is 410 g/mol. The number of fused-ring (bicyclic) bond motifs is 1. The summed E-state index contributed by atoms with van der Waals surface area (Å²) in [5.74, 6) is 0.492. The van der Waals surface area contributed by atoms with Crippen molar-refractivity contribution in [2.24, 2.45) is 0 Å². The zero-order chi connectivity index (χ0) is 22.6. The molecule has 6 heteroatoms. The second-order valence-electron chi connectivity index (χ2n) is 9.26. The maximum Gasteiger partial charge on any atom is 0.235 e. The molecule has 3 heterocycles. The Morgan fingerprint density at radius 2 is 1.73 bits per heavy atom. The number of piperazine rings is 1. The molecule has 3 aliphatic rings. The molecule has 2 aromatic carbocycles. The number of carbonyl (C=O) groups excluding carboxylic acids is 1. The Kier molecular flexibility index (Phi) is 6.55. The van der Waals surface area contributed by atoms with Gasteiger partial charge in [-0.15, -0.1) is 0 Å². The fourth-order valence-electron chi connectivity index (χ4n) is 5.17. The van der Waals surface area contributed by atoms with Crippen LogP contribution in [0.2, 0.25) is 0 Å². The summed E-state index contributed by atoms with van der Waals surface area (Å²) in [5, 5.41) is 3.13. The third kappa shape index (κ3) is 5.02. The van der Waals surface area contributed by atoms with Gasteiger partial charge in [-0.3, -0.25) is 14.6 Å². The van der Waals surface area contributed by atoms with Crippen LogP contribution < -0.4 is 10.2 Å². The Bertz CT molecular complexity index is 1040. The topological polar surface area (TPSA) is 41.8 Å². The summed E-state index contributed by atoms with van der Waals surface area (Å²) in [6.07, 6.45) is 5.66. The normalized spacial score (nSPS) is 21.4. The fourth-order valence-corrected chi connectivity index (χ4v) is 5.17. The van der Waals surface area contributed by atoms with Gasteiger partial charge in [0.2, 0.25) is 11.6 Å². The molecule has 0 bridgehead atoms. The lowest BCUT2D eigenvalue weighted by Crippen LogP contribution is -2.51. The van der Waals surface area contributed by atoms with E-state index >= 15 is 0 Å². The molecule has 6 nitrogen and oxygen atoms in total. The highest BCUT2D eigenvalue weighted by atomic mass is 16.2. The van der Waals surface area contributed by atoms with Crippen LogP contribution in [0.5, 0.6) is 0 Å². The van der Waals surface area contributed by atoms with E-state index in [1.54, 1.807) is 0 Å². The Morgan fingerprint density at radius 1 is 0.970 bits per heavy atom. The predicted molar refractivity (Wildman–Crippen MR) is 133 cm³/mol. The highest BCUT2D eigenvalue weighted by Crippen LogP contribution is 2.37. The number of benzene rings is 2. The van der Waals surface area contributed by atoms with Gasteiger partial charge in [0, 0.05) is 56.6 Å². The van der Waals surface area contributed by atoms with E-state index in [0.717, 1.165) is 45.7 Å². The molecule has 2 aromatic rings. The van der Waals surface area contributed by atoms with Crippen molar-refractivity contribution in [3.8, 4) is 0 Å². The minimum atomic E-state index is 0.120. The highest BCUT2D eigenvalue weighted by molar-refractivity contribution is 5.78. The van der Waals surface area contributed by atoms with Crippen LogP contribution in [0.3, 0.4) is 0 Å². The first kappa shape index (κ1) is 21.9. The minimum Gasteiger partial charge on any atom is -0.369 e. The van der Waals surface area contributed by atoms with Gasteiger partial charge in [0.1, 0.15) is 7.05 Å². The number of carbonyl (C=O) groups is 1. The Labute approximate surface area is 196 Å². The zero-order valence-corrected chi connectivity index (χ0v) is 19.5. The monoisotopic (exact) mass is 444 g/mol. The molecule has 1 N–H and O–H groups in total. The van der Waals surface area contributed by atoms with E-state index in [4.69, 9.17) is 0 Å². The van der Waals surface area contributed by atoms with Gasteiger partial charge >= 0.3 is 0 Å². The molecule has 5 rings (SSSR count). The number of nitrogens with zero attached hydrogens (tertiary/aromatic N) is 4. The lowest BCUT2D eigenvalue weighted by Gasteiger charge is -2.36. The summed E-state index contributed by atoms with van der Waals surface area (Å²) in [6, 6.07) is 19.2. The largest absolute Gasteiger partial charge is 0.369 e. The third-order valence-electron chi connectivity index (χ3n) is 7.11. The number of anilines is 1. The zero-order valence-electron chi connectivity index (χ0n) is 19.5. The van der Waals surface area contributed by atoms with Gasteiger partial charge < -0.3 is 10.2 Å². The van der Waals surface area contributed by atoms with Crippen molar-refractivity contribution in [3.05, 3.63) is 71.8 Å². The molecule has 0 aromatic heterocycles. The summed E-state index contributed by atoms with van der Waals surface area (Å²) < 4.78 is 2.24. The molecule has 0 saturated carbocycles. The molecule has 33 heavy (non-hydrogen) atoms. The van der Waals surface area contributed by atoms with Crippen LogP contribution in [0, 0.1) is 0 Å². The first-order chi connectivity index (χ1) is 16.2. The average molecular weight is 445 g/mol. The van der Waals surface area contributed by atoms with Gasteiger partial charge in [-0.2, -0.15) is 0 Å². The molecule has 0 radical (unpaired) electrons. The first-order valence-electron chi connectivity index (χ1n) is 12.0. The van der Waals surface area contributed by atoms with Crippen molar-refractivity contribution in [1.82, 2.24) is 15.1 Å². The predicted octanol–water partition coefficient (Wildman–Crippen LogP) is 2.66. The van der Waals surface area contributed by atoms with Crippen molar-refractivity contribution < 1.29 is 9.37 Å². The molecule has 1 unspecified atom stereocenters.